The molecule has 1 fully saturated rings. The van der Waals surface area contributed by atoms with Crippen LogP contribution in [-0.4, -0.2) is 31.0 Å². The summed E-state index contributed by atoms with van der Waals surface area (Å²) >= 11 is 0. The zero-order valence-electron chi connectivity index (χ0n) is 12.0. The number of hydrogen-bond donors (Lipinski definition) is 3. The lowest BCUT2D eigenvalue weighted by Gasteiger charge is -2.28. The minimum Gasteiger partial charge on any atom is -0.406 e. The zero-order valence-corrected chi connectivity index (χ0v) is 12.0. The van der Waals surface area contributed by atoms with E-state index in [1.807, 2.05) is 6.92 Å². The van der Waals surface area contributed by atoms with Gasteiger partial charge in [-0.05, 0) is 50.6 Å². The summed E-state index contributed by atoms with van der Waals surface area (Å²) in [6.45, 7) is 2.89. The van der Waals surface area contributed by atoms with Gasteiger partial charge in [0.1, 0.15) is 5.75 Å². The predicted molar refractivity (Wildman–Crippen MR) is 75.8 cm³/mol. The Kier molecular flexibility index (Phi) is 5.12. The molecule has 122 valence electrons. The van der Waals surface area contributed by atoms with Gasteiger partial charge in [-0.2, -0.15) is 0 Å². The fourth-order valence-corrected chi connectivity index (χ4v) is 2.36. The topological polar surface area (TPSA) is 62.4 Å². The van der Waals surface area contributed by atoms with Crippen LogP contribution in [0.5, 0.6) is 5.75 Å². The Morgan fingerprint density at radius 1 is 1.32 bits per heavy atom. The average Bonchev–Trinajstić information content (AvgIpc) is 2.39. The molecule has 2 rings (SSSR count). The van der Waals surface area contributed by atoms with Crippen LogP contribution in [0.4, 0.5) is 23.7 Å². The van der Waals surface area contributed by atoms with Crippen LogP contribution in [0.1, 0.15) is 19.8 Å². The number of carbonyl (C=O) groups is 1. The highest BCUT2D eigenvalue weighted by atomic mass is 19.4. The van der Waals surface area contributed by atoms with Gasteiger partial charge in [0.25, 0.3) is 0 Å². The summed E-state index contributed by atoms with van der Waals surface area (Å²) in [6.07, 6.45) is -3.04. The summed E-state index contributed by atoms with van der Waals surface area (Å²) < 4.78 is 39.9. The molecule has 1 aromatic carbocycles. The number of amides is 2. The van der Waals surface area contributed by atoms with Gasteiger partial charge in [0.2, 0.25) is 0 Å². The zero-order chi connectivity index (χ0) is 16.2. The van der Waals surface area contributed by atoms with Crippen molar-refractivity contribution in [2.24, 2.45) is 0 Å². The number of nitrogens with one attached hydrogen (secondary N) is 3. The number of urea groups is 1. The molecule has 2 atom stereocenters. The molecular weight excluding hydrogens is 299 g/mol. The first kappa shape index (κ1) is 16.4. The highest BCUT2D eigenvalue weighted by molar-refractivity contribution is 5.89. The summed E-state index contributed by atoms with van der Waals surface area (Å²) in [6, 6.07) is 5.06. The van der Waals surface area contributed by atoms with E-state index < -0.39 is 6.36 Å². The summed E-state index contributed by atoms with van der Waals surface area (Å²) in [7, 11) is 0. The molecule has 5 nitrogen and oxygen atoms in total. The van der Waals surface area contributed by atoms with Crippen molar-refractivity contribution in [2.45, 2.75) is 38.2 Å². The molecule has 0 radical (unpaired) electrons. The predicted octanol–water partition coefficient (Wildman–Crippen LogP) is 2.85. The first-order valence-electron chi connectivity index (χ1n) is 6.98. The second kappa shape index (κ2) is 6.87. The van der Waals surface area contributed by atoms with Crippen molar-refractivity contribution in [3.63, 3.8) is 0 Å². The van der Waals surface area contributed by atoms with Crippen LogP contribution in [0.3, 0.4) is 0 Å². The summed E-state index contributed by atoms with van der Waals surface area (Å²) in [5, 5.41) is 8.72. The molecule has 22 heavy (non-hydrogen) atoms. The highest BCUT2D eigenvalue weighted by Gasteiger charge is 2.31. The molecule has 1 aromatic rings. The van der Waals surface area contributed by atoms with Crippen molar-refractivity contribution < 1.29 is 22.7 Å². The molecule has 0 aliphatic carbocycles. The number of halogens is 3. The van der Waals surface area contributed by atoms with E-state index in [1.54, 1.807) is 0 Å². The van der Waals surface area contributed by atoms with E-state index in [-0.39, 0.29) is 17.8 Å². The van der Waals surface area contributed by atoms with Crippen LogP contribution >= 0.6 is 0 Å². The number of piperidine rings is 1. The van der Waals surface area contributed by atoms with Gasteiger partial charge in [0.05, 0.1) is 0 Å². The first-order valence-corrected chi connectivity index (χ1v) is 6.98. The summed E-state index contributed by atoms with van der Waals surface area (Å²) in [4.78, 5) is 11.8. The standard InChI is InChI=1S/C14H18F3N3O2/c1-9-8-11(6-7-18-9)20-13(21)19-10-2-4-12(5-3-10)22-14(15,16)17/h2-5,9,11,18H,6-8H2,1H3,(H2,19,20,21). The normalized spacial score (nSPS) is 22.0. The lowest BCUT2D eigenvalue weighted by molar-refractivity contribution is -0.274. The second-order valence-electron chi connectivity index (χ2n) is 5.25. The Morgan fingerprint density at radius 3 is 2.59 bits per heavy atom. The Morgan fingerprint density at radius 2 is 2.00 bits per heavy atom. The third-order valence-electron chi connectivity index (χ3n) is 3.30. The number of hydrogen-bond acceptors (Lipinski definition) is 3. The van der Waals surface area contributed by atoms with Gasteiger partial charge in [0, 0.05) is 17.8 Å². The minimum atomic E-state index is -4.72. The van der Waals surface area contributed by atoms with Crippen LogP contribution in [0.25, 0.3) is 0 Å². The van der Waals surface area contributed by atoms with Gasteiger partial charge in [0.15, 0.2) is 0 Å². The number of alkyl halides is 3. The van der Waals surface area contributed by atoms with Crippen LogP contribution < -0.4 is 20.7 Å². The van der Waals surface area contributed by atoms with Crippen LogP contribution in [0.15, 0.2) is 24.3 Å². The van der Waals surface area contributed by atoms with E-state index in [9.17, 15) is 18.0 Å². The molecule has 2 unspecified atom stereocenters. The monoisotopic (exact) mass is 317 g/mol. The van der Waals surface area contributed by atoms with Gasteiger partial charge in [-0.3, -0.25) is 0 Å². The first-order chi connectivity index (χ1) is 10.3. The minimum absolute atomic E-state index is 0.0871. The van der Waals surface area contributed by atoms with E-state index >= 15 is 0 Å². The van der Waals surface area contributed by atoms with Gasteiger partial charge >= 0.3 is 12.4 Å². The Bertz CT molecular complexity index is 505. The molecule has 1 aliphatic rings. The Labute approximate surface area is 126 Å². The quantitative estimate of drug-likeness (QED) is 0.803. The molecule has 0 bridgehead atoms. The van der Waals surface area contributed by atoms with Crippen molar-refractivity contribution in [2.75, 3.05) is 11.9 Å². The second-order valence-corrected chi connectivity index (χ2v) is 5.25. The molecular formula is C14H18F3N3O2. The smallest absolute Gasteiger partial charge is 0.406 e. The Hall–Kier alpha value is -1.96. The maximum atomic E-state index is 12.0. The lowest BCUT2D eigenvalue weighted by atomic mass is 10.0. The summed E-state index contributed by atoms with van der Waals surface area (Å²) in [5.74, 6) is -0.328. The maximum absolute atomic E-state index is 12.0. The van der Waals surface area contributed by atoms with E-state index in [0.717, 1.165) is 31.5 Å². The fraction of sp³-hybridized carbons (Fsp3) is 0.500. The van der Waals surface area contributed by atoms with Crippen molar-refractivity contribution in [1.29, 1.82) is 0 Å². The van der Waals surface area contributed by atoms with Crippen molar-refractivity contribution in [3.05, 3.63) is 24.3 Å². The van der Waals surface area contributed by atoms with Crippen molar-refractivity contribution >= 4 is 11.7 Å². The Balaban J connectivity index is 1.83. The van der Waals surface area contributed by atoms with Crippen molar-refractivity contribution in [1.82, 2.24) is 10.6 Å². The molecule has 3 N–H and O–H groups in total. The number of anilines is 1. The molecule has 1 heterocycles. The number of benzene rings is 1. The van der Waals surface area contributed by atoms with Gasteiger partial charge in [-0.25, -0.2) is 4.79 Å². The molecule has 2 amide bonds. The van der Waals surface area contributed by atoms with Gasteiger partial charge < -0.3 is 20.7 Å². The van der Waals surface area contributed by atoms with E-state index in [4.69, 9.17) is 0 Å². The number of ether oxygens (including phenoxy) is 1. The van der Waals surface area contributed by atoms with E-state index in [0.29, 0.717) is 11.7 Å². The van der Waals surface area contributed by atoms with Gasteiger partial charge in [-0.15, -0.1) is 13.2 Å². The molecule has 0 aromatic heterocycles. The number of rotatable bonds is 3. The maximum Gasteiger partial charge on any atom is 0.573 e. The SMILES string of the molecule is CC1CC(NC(=O)Nc2ccc(OC(F)(F)F)cc2)CCN1. The summed E-state index contributed by atoms with van der Waals surface area (Å²) in [5.41, 5.74) is 0.397. The third-order valence-corrected chi connectivity index (χ3v) is 3.30. The lowest BCUT2D eigenvalue weighted by Crippen LogP contribution is -2.47. The number of carbonyl (C=O) groups excluding carboxylic acids is 1. The van der Waals surface area contributed by atoms with Crippen LogP contribution in [-0.2, 0) is 0 Å². The molecule has 8 heteroatoms. The van der Waals surface area contributed by atoms with E-state index in [2.05, 4.69) is 20.7 Å². The third kappa shape index (κ3) is 5.44. The molecule has 1 aliphatic heterocycles. The van der Waals surface area contributed by atoms with E-state index in [1.165, 1.54) is 12.1 Å². The molecule has 0 spiro atoms. The molecule has 1 saturated heterocycles. The average molecular weight is 317 g/mol. The van der Waals surface area contributed by atoms with Crippen LogP contribution in [0.2, 0.25) is 0 Å². The highest BCUT2D eigenvalue weighted by Crippen LogP contribution is 2.23. The van der Waals surface area contributed by atoms with Crippen molar-refractivity contribution in [3.8, 4) is 5.75 Å². The van der Waals surface area contributed by atoms with Gasteiger partial charge in [-0.1, -0.05) is 0 Å². The fourth-order valence-electron chi connectivity index (χ4n) is 2.36. The largest absolute Gasteiger partial charge is 0.573 e. The van der Waals surface area contributed by atoms with Crippen LogP contribution in [0, 0.1) is 0 Å². The molecule has 0 saturated carbocycles.